The lowest BCUT2D eigenvalue weighted by atomic mass is 9.76. The Bertz CT molecular complexity index is 338. The molecule has 0 spiro atoms. The SMILES string of the molecule is CC(O)(Cc1ccc(Br)cc1)CC1CCC1. The molecule has 0 heterocycles. The van der Waals surface area contributed by atoms with Crippen molar-refractivity contribution >= 4 is 15.9 Å². The second-order valence-corrected chi connectivity index (χ2v) is 6.22. The highest BCUT2D eigenvalue weighted by Crippen LogP contribution is 2.34. The van der Waals surface area contributed by atoms with Crippen LogP contribution in [-0.2, 0) is 6.42 Å². The maximum atomic E-state index is 10.4. The molecular formula is C14H19BrO. The van der Waals surface area contributed by atoms with Gasteiger partial charge in [0.1, 0.15) is 0 Å². The molecule has 0 amide bonds. The minimum atomic E-state index is -0.543. The van der Waals surface area contributed by atoms with E-state index in [4.69, 9.17) is 0 Å². The van der Waals surface area contributed by atoms with E-state index < -0.39 is 5.60 Å². The molecule has 1 aromatic carbocycles. The zero-order valence-corrected chi connectivity index (χ0v) is 11.3. The van der Waals surface area contributed by atoms with Crippen LogP contribution in [0.1, 0.15) is 38.2 Å². The highest BCUT2D eigenvalue weighted by molar-refractivity contribution is 9.10. The molecule has 1 N–H and O–H groups in total. The molecule has 1 unspecified atom stereocenters. The summed E-state index contributed by atoms with van der Waals surface area (Å²) in [6, 6.07) is 8.24. The lowest BCUT2D eigenvalue weighted by Crippen LogP contribution is -2.32. The molecule has 1 fully saturated rings. The van der Waals surface area contributed by atoms with Crippen LogP contribution in [0.25, 0.3) is 0 Å². The molecule has 1 aliphatic rings. The quantitative estimate of drug-likeness (QED) is 0.887. The van der Waals surface area contributed by atoms with Crippen LogP contribution in [0, 0.1) is 5.92 Å². The van der Waals surface area contributed by atoms with E-state index >= 15 is 0 Å². The summed E-state index contributed by atoms with van der Waals surface area (Å²) in [6.07, 6.45) is 5.66. The van der Waals surface area contributed by atoms with Crippen molar-refractivity contribution in [2.45, 2.75) is 44.6 Å². The van der Waals surface area contributed by atoms with E-state index in [0.29, 0.717) is 0 Å². The second-order valence-electron chi connectivity index (χ2n) is 5.30. The topological polar surface area (TPSA) is 20.2 Å². The lowest BCUT2D eigenvalue weighted by molar-refractivity contribution is 0.0204. The molecule has 0 aliphatic heterocycles. The summed E-state index contributed by atoms with van der Waals surface area (Å²) in [6.45, 7) is 1.97. The molecule has 1 aromatic rings. The monoisotopic (exact) mass is 282 g/mol. The lowest BCUT2D eigenvalue weighted by Gasteiger charge is -2.33. The van der Waals surface area contributed by atoms with E-state index in [1.165, 1.54) is 24.8 Å². The fourth-order valence-electron chi connectivity index (χ4n) is 2.43. The zero-order chi connectivity index (χ0) is 11.6. The van der Waals surface area contributed by atoms with Crippen molar-refractivity contribution < 1.29 is 5.11 Å². The normalized spacial score (nSPS) is 20.2. The van der Waals surface area contributed by atoms with Gasteiger partial charge in [0.15, 0.2) is 0 Å². The third-order valence-electron chi connectivity index (χ3n) is 3.45. The summed E-state index contributed by atoms with van der Waals surface area (Å²) in [5, 5.41) is 10.4. The minimum absolute atomic E-state index is 0.543. The van der Waals surface area contributed by atoms with Crippen molar-refractivity contribution in [1.82, 2.24) is 0 Å². The van der Waals surface area contributed by atoms with Crippen LogP contribution in [0.15, 0.2) is 28.7 Å². The second kappa shape index (κ2) is 4.89. The Morgan fingerprint density at radius 1 is 1.31 bits per heavy atom. The van der Waals surface area contributed by atoms with E-state index in [-0.39, 0.29) is 0 Å². The minimum Gasteiger partial charge on any atom is -0.390 e. The Morgan fingerprint density at radius 3 is 2.44 bits per heavy atom. The number of rotatable bonds is 4. The molecule has 0 bridgehead atoms. The van der Waals surface area contributed by atoms with Gasteiger partial charge >= 0.3 is 0 Å². The maximum Gasteiger partial charge on any atom is 0.0662 e. The van der Waals surface area contributed by atoms with Crippen LogP contribution in [0.4, 0.5) is 0 Å². The van der Waals surface area contributed by atoms with Gasteiger partial charge in [0.2, 0.25) is 0 Å². The van der Waals surface area contributed by atoms with Crippen molar-refractivity contribution in [3.8, 4) is 0 Å². The van der Waals surface area contributed by atoms with Crippen LogP contribution in [0.3, 0.4) is 0 Å². The third-order valence-corrected chi connectivity index (χ3v) is 3.98. The Hall–Kier alpha value is -0.340. The van der Waals surface area contributed by atoms with Crippen molar-refractivity contribution in [2.75, 3.05) is 0 Å². The largest absolute Gasteiger partial charge is 0.390 e. The van der Waals surface area contributed by atoms with Gasteiger partial charge in [-0.3, -0.25) is 0 Å². The molecule has 1 atom stereocenters. The van der Waals surface area contributed by atoms with Crippen LogP contribution >= 0.6 is 15.9 Å². The van der Waals surface area contributed by atoms with Crippen LogP contribution in [0.5, 0.6) is 0 Å². The highest BCUT2D eigenvalue weighted by Gasteiger charge is 2.28. The Balaban J connectivity index is 1.93. The predicted molar refractivity (Wildman–Crippen MR) is 70.4 cm³/mol. The predicted octanol–water partition coefficient (Wildman–Crippen LogP) is 3.93. The fourth-order valence-corrected chi connectivity index (χ4v) is 2.70. The van der Waals surface area contributed by atoms with E-state index in [1.54, 1.807) is 0 Å². The average Bonchev–Trinajstić information content (AvgIpc) is 2.16. The molecule has 1 aliphatic carbocycles. The maximum absolute atomic E-state index is 10.4. The molecular weight excluding hydrogens is 264 g/mol. The fraction of sp³-hybridized carbons (Fsp3) is 0.571. The molecule has 0 radical (unpaired) electrons. The van der Waals surface area contributed by atoms with Gasteiger partial charge in [-0.2, -0.15) is 0 Å². The van der Waals surface area contributed by atoms with Crippen LogP contribution < -0.4 is 0 Å². The molecule has 1 saturated carbocycles. The standard InChI is InChI=1S/C14H19BrO/c1-14(16,9-11-3-2-4-11)10-12-5-7-13(15)8-6-12/h5-8,11,16H,2-4,9-10H2,1H3. The Labute approximate surface area is 106 Å². The summed E-state index contributed by atoms with van der Waals surface area (Å²) < 4.78 is 1.09. The number of benzene rings is 1. The average molecular weight is 283 g/mol. The van der Waals surface area contributed by atoms with Gasteiger partial charge in [0.25, 0.3) is 0 Å². The van der Waals surface area contributed by atoms with Gasteiger partial charge in [-0.1, -0.05) is 47.3 Å². The van der Waals surface area contributed by atoms with Crippen molar-refractivity contribution in [3.05, 3.63) is 34.3 Å². The number of aliphatic hydroxyl groups is 1. The first kappa shape index (κ1) is 12.1. The van der Waals surface area contributed by atoms with Crippen molar-refractivity contribution in [3.63, 3.8) is 0 Å². The summed E-state index contributed by atoms with van der Waals surface area (Å²) in [5.41, 5.74) is 0.673. The Kier molecular flexibility index (Phi) is 3.70. The molecule has 0 saturated heterocycles. The first-order valence-corrected chi connectivity index (χ1v) is 6.81. The van der Waals surface area contributed by atoms with Crippen LogP contribution in [-0.4, -0.2) is 10.7 Å². The smallest absolute Gasteiger partial charge is 0.0662 e. The molecule has 0 aromatic heterocycles. The van der Waals surface area contributed by atoms with Crippen molar-refractivity contribution in [2.24, 2.45) is 5.92 Å². The molecule has 2 rings (SSSR count). The zero-order valence-electron chi connectivity index (χ0n) is 9.75. The van der Waals surface area contributed by atoms with Gasteiger partial charge in [-0.25, -0.2) is 0 Å². The van der Waals surface area contributed by atoms with Gasteiger partial charge < -0.3 is 5.11 Å². The van der Waals surface area contributed by atoms with E-state index in [2.05, 4.69) is 28.1 Å². The number of halogens is 1. The first-order chi connectivity index (χ1) is 7.55. The number of hydrogen-bond donors (Lipinski definition) is 1. The molecule has 88 valence electrons. The summed E-state index contributed by atoms with van der Waals surface area (Å²) in [7, 11) is 0. The summed E-state index contributed by atoms with van der Waals surface area (Å²) in [5.74, 6) is 0.755. The Morgan fingerprint density at radius 2 is 1.94 bits per heavy atom. The van der Waals surface area contributed by atoms with Crippen LogP contribution in [0.2, 0.25) is 0 Å². The summed E-state index contributed by atoms with van der Waals surface area (Å²) in [4.78, 5) is 0. The third kappa shape index (κ3) is 3.33. The first-order valence-electron chi connectivity index (χ1n) is 6.02. The van der Waals surface area contributed by atoms with Gasteiger partial charge in [0, 0.05) is 10.9 Å². The van der Waals surface area contributed by atoms with Gasteiger partial charge in [-0.05, 0) is 37.0 Å². The van der Waals surface area contributed by atoms with E-state index in [0.717, 1.165) is 23.2 Å². The summed E-state index contributed by atoms with van der Waals surface area (Å²) >= 11 is 3.42. The number of hydrogen-bond acceptors (Lipinski definition) is 1. The van der Waals surface area contributed by atoms with Gasteiger partial charge in [0.05, 0.1) is 5.60 Å². The molecule has 16 heavy (non-hydrogen) atoms. The molecule has 2 heteroatoms. The van der Waals surface area contributed by atoms with E-state index in [1.807, 2.05) is 19.1 Å². The molecule has 1 nitrogen and oxygen atoms in total. The van der Waals surface area contributed by atoms with E-state index in [9.17, 15) is 5.11 Å². The van der Waals surface area contributed by atoms with Gasteiger partial charge in [-0.15, -0.1) is 0 Å². The highest BCUT2D eigenvalue weighted by atomic mass is 79.9. The van der Waals surface area contributed by atoms with Crippen molar-refractivity contribution in [1.29, 1.82) is 0 Å².